The van der Waals surface area contributed by atoms with E-state index in [1.165, 1.54) is 0 Å². The highest BCUT2D eigenvalue weighted by atomic mass is 35.5. The summed E-state index contributed by atoms with van der Waals surface area (Å²) in [6.45, 7) is 1.91. The molecule has 2 aromatic rings. The number of carbonyl (C=O) groups excluding carboxylic acids is 1. The summed E-state index contributed by atoms with van der Waals surface area (Å²) in [5.41, 5.74) is 0.974. The molecule has 1 N–H and O–H groups in total. The zero-order chi connectivity index (χ0) is 22.1. The second-order valence-electron chi connectivity index (χ2n) is 7.59. The third-order valence-electron chi connectivity index (χ3n) is 5.29. The van der Waals surface area contributed by atoms with E-state index < -0.39 is 10.0 Å². The predicted octanol–water partition coefficient (Wildman–Crippen LogP) is 4.03. The molecule has 0 bridgehead atoms. The summed E-state index contributed by atoms with van der Waals surface area (Å²) < 4.78 is 32.8. The van der Waals surface area contributed by atoms with Crippen LogP contribution < -0.4 is 10.1 Å². The maximum absolute atomic E-state index is 12.8. The van der Waals surface area contributed by atoms with Crippen LogP contribution in [0.5, 0.6) is 5.75 Å². The fourth-order valence-electron chi connectivity index (χ4n) is 3.51. The Morgan fingerprint density at radius 3 is 2.35 bits per heavy atom. The van der Waals surface area contributed by atoms with Crippen molar-refractivity contribution in [2.75, 3.05) is 26.2 Å². The first-order chi connectivity index (χ1) is 15.0. The summed E-state index contributed by atoms with van der Waals surface area (Å²) in [6, 6.07) is 14.1. The second kappa shape index (κ2) is 11.5. The molecular formula is C23H29ClN2O4S. The van der Waals surface area contributed by atoms with Crippen LogP contribution in [-0.4, -0.2) is 44.9 Å². The van der Waals surface area contributed by atoms with E-state index in [1.807, 2.05) is 24.3 Å². The lowest BCUT2D eigenvalue weighted by molar-refractivity contribution is -0.121. The molecule has 0 unspecified atom stereocenters. The summed E-state index contributed by atoms with van der Waals surface area (Å²) in [5.74, 6) is 0.458. The molecule has 1 fully saturated rings. The van der Waals surface area contributed by atoms with Gasteiger partial charge in [0.05, 0.1) is 22.9 Å². The van der Waals surface area contributed by atoms with Crippen LogP contribution in [0.2, 0.25) is 5.02 Å². The van der Waals surface area contributed by atoms with Gasteiger partial charge in [-0.1, -0.05) is 48.7 Å². The van der Waals surface area contributed by atoms with Gasteiger partial charge in [0.15, 0.2) is 0 Å². The molecule has 31 heavy (non-hydrogen) atoms. The number of halogens is 1. The van der Waals surface area contributed by atoms with Crippen molar-refractivity contribution in [2.24, 2.45) is 0 Å². The number of hydrogen-bond donors (Lipinski definition) is 1. The van der Waals surface area contributed by atoms with Crippen LogP contribution in [-0.2, 0) is 21.2 Å². The Morgan fingerprint density at radius 1 is 1.00 bits per heavy atom. The largest absolute Gasteiger partial charge is 0.491 e. The highest BCUT2D eigenvalue weighted by Crippen LogP contribution is 2.23. The van der Waals surface area contributed by atoms with Gasteiger partial charge < -0.3 is 10.1 Å². The molecule has 3 rings (SSSR count). The molecule has 1 aliphatic rings. The van der Waals surface area contributed by atoms with Crippen molar-refractivity contribution in [3.63, 3.8) is 0 Å². The minimum Gasteiger partial charge on any atom is -0.491 e. The Balaban J connectivity index is 1.41. The minimum absolute atomic E-state index is 0.104. The standard InChI is InChI=1S/C23H29ClN2O4S/c24-21-7-3-4-8-22(21)30-18-14-23(27)25-15-13-19-9-11-20(12-10-19)31(28,29)26-16-5-1-2-6-17-26/h3-4,7-12H,1-2,5-6,13-18H2,(H,25,27). The molecular weight excluding hydrogens is 436 g/mol. The van der Waals surface area contributed by atoms with Gasteiger partial charge in [-0.25, -0.2) is 8.42 Å². The van der Waals surface area contributed by atoms with Crippen molar-refractivity contribution in [3.8, 4) is 5.75 Å². The lowest BCUT2D eigenvalue weighted by atomic mass is 10.1. The number of ether oxygens (including phenoxy) is 1. The minimum atomic E-state index is -3.43. The summed E-state index contributed by atoms with van der Waals surface area (Å²) in [5, 5.41) is 3.37. The van der Waals surface area contributed by atoms with E-state index in [0.717, 1.165) is 31.2 Å². The zero-order valence-corrected chi connectivity index (χ0v) is 19.1. The van der Waals surface area contributed by atoms with Crippen LogP contribution in [0.25, 0.3) is 0 Å². The lowest BCUT2D eigenvalue weighted by Crippen LogP contribution is -2.31. The highest BCUT2D eigenvalue weighted by molar-refractivity contribution is 7.89. The second-order valence-corrected chi connectivity index (χ2v) is 9.94. The molecule has 0 radical (unpaired) electrons. The predicted molar refractivity (Wildman–Crippen MR) is 122 cm³/mol. The number of benzene rings is 2. The lowest BCUT2D eigenvalue weighted by Gasteiger charge is -2.20. The highest BCUT2D eigenvalue weighted by Gasteiger charge is 2.24. The van der Waals surface area contributed by atoms with Crippen molar-refractivity contribution < 1.29 is 17.9 Å². The van der Waals surface area contributed by atoms with E-state index in [2.05, 4.69) is 5.32 Å². The third kappa shape index (κ3) is 6.95. The van der Waals surface area contributed by atoms with Gasteiger partial charge in [0.1, 0.15) is 5.75 Å². The van der Waals surface area contributed by atoms with Crippen molar-refractivity contribution in [3.05, 3.63) is 59.1 Å². The van der Waals surface area contributed by atoms with E-state index in [1.54, 1.807) is 28.6 Å². The molecule has 1 heterocycles. The van der Waals surface area contributed by atoms with Gasteiger partial charge in [-0.2, -0.15) is 4.31 Å². The topological polar surface area (TPSA) is 75.7 Å². The Morgan fingerprint density at radius 2 is 1.68 bits per heavy atom. The van der Waals surface area contributed by atoms with Crippen LogP contribution in [0.4, 0.5) is 0 Å². The molecule has 0 atom stereocenters. The monoisotopic (exact) mass is 464 g/mol. The Labute approximate surface area is 189 Å². The average molecular weight is 465 g/mol. The van der Waals surface area contributed by atoms with Crippen LogP contribution in [0.1, 0.15) is 37.7 Å². The first-order valence-corrected chi connectivity index (χ1v) is 12.5. The fourth-order valence-corrected chi connectivity index (χ4v) is 5.22. The van der Waals surface area contributed by atoms with Crippen LogP contribution >= 0.6 is 11.6 Å². The smallest absolute Gasteiger partial charge is 0.243 e. The first kappa shape index (κ1) is 23.6. The maximum Gasteiger partial charge on any atom is 0.243 e. The normalized spacial score (nSPS) is 15.3. The van der Waals surface area contributed by atoms with Gasteiger partial charge in [-0.3, -0.25) is 4.79 Å². The number of nitrogens with zero attached hydrogens (tertiary/aromatic N) is 1. The Hall–Kier alpha value is -2.09. The molecule has 0 saturated carbocycles. The van der Waals surface area contributed by atoms with E-state index in [9.17, 15) is 13.2 Å². The third-order valence-corrected chi connectivity index (χ3v) is 7.51. The Kier molecular flexibility index (Phi) is 8.75. The van der Waals surface area contributed by atoms with E-state index >= 15 is 0 Å². The van der Waals surface area contributed by atoms with E-state index in [4.69, 9.17) is 16.3 Å². The number of nitrogens with one attached hydrogen (secondary N) is 1. The van der Waals surface area contributed by atoms with Crippen molar-refractivity contribution >= 4 is 27.5 Å². The average Bonchev–Trinajstić information content (AvgIpc) is 3.06. The summed E-state index contributed by atoms with van der Waals surface area (Å²) in [4.78, 5) is 12.3. The molecule has 1 saturated heterocycles. The molecule has 1 aliphatic heterocycles. The molecule has 2 aromatic carbocycles. The van der Waals surface area contributed by atoms with Crippen LogP contribution in [0.15, 0.2) is 53.4 Å². The van der Waals surface area contributed by atoms with Gasteiger partial charge in [-0.15, -0.1) is 0 Å². The number of carbonyl (C=O) groups is 1. The molecule has 1 amide bonds. The zero-order valence-electron chi connectivity index (χ0n) is 17.6. The quantitative estimate of drug-likeness (QED) is 0.607. The van der Waals surface area contributed by atoms with E-state index in [0.29, 0.717) is 41.7 Å². The number of para-hydroxylation sites is 1. The number of amides is 1. The van der Waals surface area contributed by atoms with Crippen LogP contribution in [0.3, 0.4) is 0 Å². The first-order valence-electron chi connectivity index (χ1n) is 10.7. The fraction of sp³-hybridized carbons (Fsp3) is 0.435. The summed E-state index contributed by atoms with van der Waals surface area (Å²) >= 11 is 6.02. The van der Waals surface area contributed by atoms with Gasteiger partial charge in [0.2, 0.25) is 15.9 Å². The molecule has 0 spiro atoms. The summed E-state index contributed by atoms with van der Waals surface area (Å²) in [6.07, 6.45) is 4.87. The SMILES string of the molecule is O=C(CCOc1ccccc1Cl)NCCc1ccc(S(=O)(=O)N2CCCCCC2)cc1. The number of rotatable bonds is 9. The molecule has 0 aliphatic carbocycles. The van der Waals surface area contributed by atoms with Crippen molar-refractivity contribution in [1.82, 2.24) is 9.62 Å². The van der Waals surface area contributed by atoms with Gasteiger partial charge in [0.25, 0.3) is 0 Å². The number of hydrogen-bond acceptors (Lipinski definition) is 4. The maximum atomic E-state index is 12.8. The molecule has 6 nitrogen and oxygen atoms in total. The molecule has 8 heteroatoms. The summed E-state index contributed by atoms with van der Waals surface area (Å²) in [7, 11) is -3.43. The van der Waals surface area contributed by atoms with Gasteiger partial charge in [-0.05, 0) is 49.1 Å². The Bertz CT molecular complexity index is 956. The molecule has 168 valence electrons. The van der Waals surface area contributed by atoms with Crippen molar-refractivity contribution in [2.45, 2.75) is 43.4 Å². The van der Waals surface area contributed by atoms with Gasteiger partial charge >= 0.3 is 0 Å². The van der Waals surface area contributed by atoms with Gasteiger partial charge in [0, 0.05) is 19.6 Å². The van der Waals surface area contributed by atoms with E-state index in [-0.39, 0.29) is 18.9 Å². The van der Waals surface area contributed by atoms with Crippen LogP contribution in [0, 0.1) is 0 Å². The van der Waals surface area contributed by atoms with Crippen molar-refractivity contribution in [1.29, 1.82) is 0 Å². The molecule has 0 aromatic heterocycles. The number of sulfonamides is 1.